The molecule has 1 atom stereocenters. The van der Waals surface area contributed by atoms with Gasteiger partial charge in [-0.1, -0.05) is 0 Å². The Hall–Kier alpha value is -2.28. The number of nitrogens with one attached hydrogen (secondary N) is 3. The number of ether oxygens (including phenoxy) is 1. The zero-order valence-corrected chi connectivity index (χ0v) is 17.1. The number of nitrogens with zero attached hydrogens (tertiary/aromatic N) is 1. The van der Waals surface area contributed by atoms with Crippen LogP contribution in [-0.4, -0.2) is 49.8 Å². The fourth-order valence-corrected chi connectivity index (χ4v) is 3.64. The zero-order valence-electron chi connectivity index (χ0n) is 17.1. The molecule has 2 heterocycles. The molecule has 154 valence electrons. The van der Waals surface area contributed by atoms with E-state index in [0.29, 0.717) is 17.8 Å². The van der Waals surface area contributed by atoms with Gasteiger partial charge in [-0.2, -0.15) is 0 Å². The SMILES string of the molecule is CC(C)(C)NC(=O)Nc1ccc(N2CCCC2)c(C(=O)NCC2CCCO2)c1. The molecule has 2 fully saturated rings. The largest absolute Gasteiger partial charge is 0.376 e. The van der Waals surface area contributed by atoms with Crippen LogP contribution in [0.1, 0.15) is 56.8 Å². The van der Waals surface area contributed by atoms with Crippen LogP contribution in [0.3, 0.4) is 0 Å². The molecule has 0 saturated carbocycles. The first-order valence-electron chi connectivity index (χ1n) is 10.2. The summed E-state index contributed by atoms with van der Waals surface area (Å²) in [6.45, 7) is 8.95. The van der Waals surface area contributed by atoms with E-state index in [4.69, 9.17) is 4.74 Å². The normalized spacial score (nSPS) is 19.5. The summed E-state index contributed by atoms with van der Waals surface area (Å²) in [7, 11) is 0. The van der Waals surface area contributed by atoms with Crippen LogP contribution in [-0.2, 0) is 4.74 Å². The number of carbonyl (C=O) groups excluding carboxylic acids is 2. The monoisotopic (exact) mass is 388 g/mol. The molecule has 7 heteroatoms. The summed E-state index contributed by atoms with van der Waals surface area (Å²) < 4.78 is 5.60. The number of hydrogen-bond donors (Lipinski definition) is 3. The minimum atomic E-state index is -0.332. The highest BCUT2D eigenvalue weighted by atomic mass is 16.5. The molecule has 2 aliphatic rings. The van der Waals surface area contributed by atoms with Crippen LogP contribution in [0.25, 0.3) is 0 Å². The average molecular weight is 389 g/mol. The number of anilines is 2. The first-order valence-corrected chi connectivity index (χ1v) is 10.2. The lowest BCUT2D eigenvalue weighted by atomic mass is 10.1. The van der Waals surface area contributed by atoms with Crippen molar-refractivity contribution in [1.29, 1.82) is 0 Å². The van der Waals surface area contributed by atoms with Crippen LogP contribution in [0, 0.1) is 0 Å². The Labute approximate surface area is 167 Å². The minimum absolute atomic E-state index is 0.0954. The van der Waals surface area contributed by atoms with Gasteiger partial charge in [0.15, 0.2) is 0 Å². The van der Waals surface area contributed by atoms with Crippen molar-refractivity contribution in [2.45, 2.75) is 58.1 Å². The number of amides is 3. The number of urea groups is 1. The summed E-state index contributed by atoms with van der Waals surface area (Å²) in [5.74, 6) is -0.128. The number of benzene rings is 1. The first-order chi connectivity index (χ1) is 13.3. The van der Waals surface area contributed by atoms with Crippen molar-refractivity contribution in [3.05, 3.63) is 23.8 Å². The van der Waals surface area contributed by atoms with Crippen LogP contribution in [0.2, 0.25) is 0 Å². The Morgan fingerprint density at radius 3 is 2.57 bits per heavy atom. The third-order valence-corrected chi connectivity index (χ3v) is 4.95. The molecule has 0 radical (unpaired) electrons. The predicted molar refractivity (Wildman–Crippen MR) is 111 cm³/mol. The van der Waals surface area contributed by atoms with Crippen LogP contribution in [0.15, 0.2) is 18.2 Å². The van der Waals surface area contributed by atoms with Crippen molar-refractivity contribution in [3.8, 4) is 0 Å². The van der Waals surface area contributed by atoms with Crippen LogP contribution < -0.4 is 20.9 Å². The van der Waals surface area contributed by atoms with Gasteiger partial charge in [-0.15, -0.1) is 0 Å². The van der Waals surface area contributed by atoms with Gasteiger partial charge in [-0.05, 0) is 64.7 Å². The lowest BCUT2D eigenvalue weighted by molar-refractivity contribution is 0.0858. The quantitative estimate of drug-likeness (QED) is 0.724. The molecule has 1 aromatic rings. The van der Waals surface area contributed by atoms with E-state index in [1.165, 1.54) is 0 Å². The Balaban J connectivity index is 1.75. The highest BCUT2D eigenvalue weighted by Crippen LogP contribution is 2.28. The molecular formula is C21H32N4O3. The molecule has 0 aliphatic carbocycles. The van der Waals surface area contributed by atoms with E-state index in [-0.39, 0.29) is 23.6 Å². The van der Waals surface area contributed by atoms with E-state index in [1.54, 1.807) is 6.07 Å². The molecule has 28 heavy (non-hydrogen) atoms. The number of rotatable bonds is 5. The molecule has 3 rings (SSSR count). The Morgan fingerprint density at radius 2 is 1.93 bits per heavy atom. The van der Waals surface area contributed by atoms with Gasteiger partial charge < -0.3 is 25.6 Å². The van der Waals surface area contributed by atoms with Gasteiger partial charge in [0.2, 0.25) is 0 Å². The smallest absolute Gasteiger partial charge is 0.319 e. The molecule has 3 N–H and O–H groups in total. The molecule has 0 aromatic heterocycles. The van der Waals surface area contributed by atoms with Gasteiger partial charge in [-0.3, -0.25) is 4.79 Å². The Bertz CT molecular complexity index is 702. The molecule has 2 saturated heterocycles. The van der Waals surface area contributed by atoms with Crippen molar-refractivity contribution in [2.75, 3.05) is 36.5 Å². The Kier molecular flexibility index (Phi) is 6.44. The molecular weight excluding hydrogens is 356 g/mol. The molecule has 0 bridgehead atoms. The second-order valence-electron chi connectivity index (χ2n) is 8.60. The van der Waals surface area contributed by atoms with Crippen LogP contribution >= 0.6 is 0 Å². The Morgan fingerprint density at radius 1 is 1.18 bits per heavy atom. The van der Waals surface area contributed by atoms with Crippen molar-refractivity contribution in [3.63, 3.8) is 0 Å². The van der Waals surface area contributed by atoms with Crippen molar-refractivity contribution < 1.29 is 14.3 Å². The summed E-state index contributed by atoms with van der Waals surface area (Å²) >= 11 is 0. The third-order valence-electron chi connectivity index (χ3n) is 4.95. The van der Waals surface area contributed by atoms with Crippen molar-refractivity contribution >= 4 is 23.3 Å². The van der Waals surface area contributed by atoms with Crippen molar-refractivity contribution in [1.82, 2.24) is 10.6 Å². The number of carbonyl (C=O) groups is 2. The highest BCUT2D eigenvalue weighted by molar-refractivity contribution is 6.02. The van der Waals surface area contributed by atoms with Gasteiger partial charge in [0.1, 0.15) is 0 Å². The summed E-state index contributed by atoms with van der Waals surface area (Å²) in [6.07, 6.45) is 4.38. The van der Waals surface area contributed by atoms with Crippen LogP contribution in [0.5, 0.6) is 0 Å². The topological polar surface area (TPSA) is 82.7 Å². The number of hydrogen-bond acceptors (Lipinski definition) is 4. The van der Waals surface area contributed by atoms with Gasteiger partial charge in [-0.25, -0.2) is 4.79 Å². The fourth-order valence-electron chi connectivity index (χ4n) is 3.64. The van der Waals surface area contributed by atoms with E-state index in [1.807, 2.05) is 32.9 Å². The molecule has 0 spiro atoms. The lowest BCUT2D eigenvalue weighted by Gasteiger charge is -2.23. The average Bonchev–Trinajstić information content (AvgIpc) is 3.31. The van der Waals surface area contributed by atoms with Gasteiger partial charge in [0.05, 0.1) is 11.7 Å². The zero-order chi connectivity index (χ0) is 20.1. The van der Waals surface area contributed by atoms with E-state index >= 15 is 0 Å². The third kappa shape index (κ3) is 5.61. The molecule has 1 aromatic carbocycles. The molecule has 7 nitrogen and oxygen atoms in total. The summed E-state index contributed by atoms with van der Waals surface area (Å²) in [4.78, 5) is 27.4. The van der Waals surface area contributed by atoms with E-state index in [9.17, 15) is 9.59 Å². The molecule has 1 unspecified atom stereocenters. The van der Waals surface area contributed by atoms with E-state index in [2.05, 4.69) is 20.9 Å². The van der Waals surface area contributed by atoms with Crippen LogP contribution in [0.4, 0.5) is 16.2 Å². The highest BCUT2D eigenvalue weighted by Gasteiger charge is 2.22. The van der Waals surface area contributed by atoms with E-state index in [0.717, 1.165) is 51.1 Å². The molecule has 2 aliphatic heterocycles. The van der Waals surface area contributed by atoms with Gasteiger partial charge in [0.25, 0.3) is 5.91 Å². The maximum absolute atomic E-state index is 12.9. The summed E-state index contributed by atoms with van der Waals surface area (Å²) in [6, 6.07) is 5.26. The van der Waals surface area contributed by atoms with Gasteiger partial charge >= 0.3 is 6.03 Å². The second kappa shape index (κ2) is 8.82. The molecule has 3 amide bonds. The van der Waals surface area contributed by atoms with Crippen molar-refractivity contribution in [2.24, 2.45) is 0 Å². The maximum atomic E-state index is 12.9. The summed E-state index contributed by atoms with van der Waals surface area (Å²) in [5.41, 5.74) is 1.78. The minimum Gasteiger partial charge on any atom is -0.376 e. The maximum Gasteiger partial charge on any atom is 0.319 e. The van der Waals surface area contributed by atoms with E-state index < -0.39 is 0 Å². The fraction of sp³-hybridized carbons (Fsp3) is 0.619. The standard InChI is InChI=1S/C21H32N4O3/c1-21(2,3)24-20(27)23-15-8-9-18(25-10-4-5-11-25)17(13-15)19(26)22-14-16-7-6-12-28-16/h8-9,13,16H,4-7,10-12,14H2,1-3H3,(H,22,26)(H2,23,24,27). The second-order valence-corrected chi connectivity index (χ2v) is 8.60. The lowest BCUT2D eigenvalue weighted by Crippen LogP contribution is -2.43. The summed E-state index contributed by atoms with van der Waals surface area (Å²) in [5, 5.41) is 8.71. The van der Waals surface area contributed by atoms with Gasteiger partial charge in [0, 0.05) is 43.2 Å². The first kappa shape index (κ1) is 20.5. The predicted octanol–water partition coefficient (Wildman–Crippen LogP) is 3.12.